The molecule has 0 saturated heterocycles. The Labute approximate surface area is 202 Å². The number of hydrogen-bond donors (Lipinski definition) is 8. The van der Waals surface area contributed by atoms with E-state index in [1.54, 1.807) is 6.07 Å². The first-order chi connectivity index (χ1) is 16.4. The number of aliphatic imine (C=N–C) groups is 5. The Morgan fingerprint density at radius 2 is 0.882 bits per heavy atom. The molecule has 0 amide bonds. The molecule has 34 heavy (non-hydrogen) atoms. The SMILES string of the molecule is N#CC(N)=NCCN=C(N)NC(N)=NCCCCCCCCCCN=C(N)NC(N)=NCCN. The van der Waals surface area contributed by atoms with Crippen LogP contribution in [0.4, 0.5) is 0 Å². The molecule has 0 fully saturated rings. The molecule has 0 aliphatic heterocycles. The Bertz CT molecular complexity index is 732. The molecule has 0 aliphatic rings. The van der Waals surface area contributed by atoms with Crippen LogP contribution in [0.2, 0.25) is 0 Å². The van der Waals surface area contributed by atoms with Crippen molar-refractivity contribution in [2.45, 2.75) is 51.4 Å². The van der Waals surface area contributed by atoms with Gasteiger partial charge in [0.1, 0.15) is 6.07 Å². The molecule has 0 atom stereocenters. The van der Waals surface area contributed by atoms with Gasteiger partial charge in [0.2, 0.25) is 0 Å². The second-order valence-electron chi connectivity index (χ2n) is 7.31. The Morgan fingerprint density at radius 1 is 0.529 bits per heavy atom. The van der Waals surface area contributed by atoms with Gasteiger partial charge in [-0.15, -0.1) is 0 Å². The van der Waals surface area contributed by atoms with Gasteiger partial charge in [-0.05, 0) is 12.8 Å². The normalized spacial score (nSPS) is 13.6. The maximum Gasteiger partial charge on any atom is 0.198 e. The topological polar surface area (TPSA) is 266 Å². The van der Waals surface area contributed by atoms with E-state index in [-0.39, 0.29) is 36.2 Å². The van der Waals surface area contributed by atoms with Crippen molar-refractivity contribution >= 4 is 29.7 Å². The summed E-state index contributed by atoms with van der Waals surface area (Å²) in [6.45, 7) is 2.76. The maximum atomic E-state index is 8.49. The summed E-state index contributed by atoms with van der Waals surface area (Å²) in [5, 5.41) is 13.9. The van der Waals surface area contributed by atoms with Gasteiger partial charge in [0.05, 0.1) is 19.6 Å². The Kier molecular flexibility index (Phi) is 19.0. The van der Waals surface area contributed by atoms with E-state index in [9.17, 15) is 0 Å². The molecule has 0 spiro atoms. The number of nitriles is 1. The number of hydrogen-bond acceptors (Lipinski definition) is 7. The maximum absolute atomic E-state index is 8.49. The molecule has 0 unspecified atom stereocenters. The van der Waals surface area contributed by atoms with Crippen molar-refractivity contribution in [1.82, 2.24) is 10.6 Å². The highest BCUT2D eigenvalue weighted by molar-refractivity contribution is 5.97. The van der Waals surface area contributed by atoms with Crippen LogP contribution in [-0.2, 0) is 0 Å². The van der Waals surface area contributed by atoms with Gasteiger partial charge in [0.15, 0.2) is 29.7 Å². The van der Waals surface area contributed by atoms with Gasteiger partial charge in [-0.3, -0.25) is 35.6 Å². The van der Waals surface area contributed by atoms with Crippen molar-refractivity contribution in [2.24, 2.45) is 59.4 Å². The third kappa shape index (κ3) is 20.3. The average Bonchev–Trinajstić information content (AvgIpc) is 2.80. The highest BCUT2D eigenvalue weighted by Gasteiger charge is 1.97. The van der Waals surface area contributed by atoms with E-state index in [1.165, 1.54) is 19.3 Å². The van der Waals surface area contributed by atoms with Gasteiger partial charge in [-0.2, -0.15) is 5.26 Å². The van der Waals surface area contributed by atoms with Crippen LogP contribution < -0.4 is 45.0 Å². The second-order valence-corrected chi connectivity index (χ2v) is 7.31. The predicted molar refractivity (Wildman–Crippen MR) is 140 cm³/mol. The van der Waals surface area contributed by atoms with E-state index in [1.807, 2.05) is 0 Å². The fraction of sp³-hybridized carbons (Fsp3) is 0.700. The molecule has 14 heteroatoms. The lowest BCUT2D eigenvalue weighted by Gasteiger charge is -2.05. The summed E-state index contributed by atoms with van der Waals surface area (Å²) in [7, 11) is 0. The first-order valence-corrected chi connectivity index (χ1v) is 11.5. The van der Waals surface area contributed by atoms with Crippen LogP contribution in [0, 0.1) is 11.3 Å². The second kappa shape index (κ2) is 21.3. The van der Waals surface area contributed by atoms with Crippen molar-refractivity contribution in [3.8, 4) is 6.07 Å². The van der Waals surface area contributed by atoms with Crippen molar-refractivity contribution < 1.29 is 0 Å². The molecule has 0 bridgehead atoms. The van der Waals surface area contributed by atoms with E-state index in [2.05, 4.69) is 35.6 Å². The van der Waals surface area contributed by atoms with Crippen LogP contribution in [0.5, 0.6) is 0 Å². The van der Waals surface area contributed by atoms with Gasteiger partial charge in [0, 0.05) is 19.6 Å². The summed E-state index contributed by atoms with van der Waals surface area (Å²) in [6, 6.07) is 1.73. The molecule has 0 radical (unpaired) electrons. The van der Waals surface area contributed by atoms with Gasteiger partial charge in [-0.25, -0.2) is 0 Å². The standard InChI is InChI=1S/C20H42N14/c21-9-12-31-19(26)33-17(24)29-10-7-5-3-1-2-4-6-8-11-30-18(25)34-20(27)32-14-13-28-16(23)15-22/h1-14,21H2,(H2,23,28)(H5,24,26,29,31,33)(H5,25,27,30,32,34). The summed E-state index contributed by atoms with van der Waals surface area (Å²) >= 11 is 0. The van der Waals surface area contributed by atoms with Crippen LogP contribution >= 0.6 is 0 Å². The molecule has 0 aromatic heterocycles. The quantitative estimate of drug-likeness (QED) is 0.0718. The first kappa shape index (κ1) is 30.4. The molecular weight excluding hydrogens is 436 g/mol. The van der Waals surface area contributed by atoms with Gasteiger partial charge in [0.25, 0.3) is 0 Å². The summed E-state index contributed by atoms with van der Waals surface area (Å²) in [5.74, 6) is 0.802. The summed E-state index contributed by atoms with van der Waals surface area (Å²) in [4.78, 5) is 20.3. The number of guanidine groups is 4. The van der Waals surface area contributed by atoms with Crippen molar-refractivity contribution in [3.05, 3.63) is 0 Å². The van der Waals surface area contributed by atoms with Crippen LogP contribution in [0.25, 0.3) is 0 Å². The Balaban J connectivity index is 3.69. The van der Waals surface area contributed by atoms with E-state index < -0.39 is 0 Å². The molecule has 0 aromatic rings. The summed E-state index contributed by atoms with van der Waals surface area (Å²) < 4.78 is 0. The number of nitrogens with one attached hydrogen (secondary N) is 2. The molecule has 0 saturated carbocycles. The molecule has 0 aliphatic carbocycles. The van der Waals surface area contributed by atoms with Gasteiger partial charge in [-0.1, -0.05) is 38.5 Å². The fourth-order valence-electron chi connectivity index (χ4n) is 2.67. The lowest BCUT2D eigenvalue weighted by atomic mass is 10.1. The molecule has 0 aromatic carbocycles. The predicted octanol–water partition coefficient (Wildman–Crippen LogP) is -1.62. The van der Waals surface area contributed by atoms with Gasteiger partial charge >= 0.3 is 0 Å². The zero-order chi connectivity index (χ0) is 25.4. The molecule has 0 heterocycles. The Hall–Kier alpha value is -3.60. The van der Waals surface area contributed by atoms with Crippen molar-refractivity contribution in [2.75, 3.05) is 39.3 Å². The largest absolute Gasteiger partial charge is 0.375 e. The monoisotopic (exact) mass is 478 g/mol. The number of nitrogens with zero attached hydrogens (tertiary/aromatic N) is 6. The first-order valence-electron chi connectivity index (χ1n) is 11.5. The number of unbranched alkanes of at least 4 members (excludes halogenated alkanes) is 7. The lowest BCUT2D eigenvalue weighted by molar-refractivity contribution is 0.572. The average molecular weight is 479 g/mol. The molecule has 192 valence electrons. The highest BCUT2D eigenvalue weighted by atomic mass is 15.2. The summed E-state index contributed by atoms with van der Waals surface area (Å²) in [5.41, 5.74) is 33.5. The minimum Gasteiger partial charge on any atom is -0.375 e. The Morgan fingerprint density at radius 3 is 1.29 bits per heavy atom. The van der Waals surface area contributed by atoms with Crippen LogP contribution in [0.3, 0.4) is 0 Å². The lowest BCUT2D eigenvalue weighted by Crippen LogP contribution is -2.42. The smallest absolute Gasteiger partial charge is 0.198 e. The zero-order valence-electron chi connectivity index (χ0n) is 20.0. The molecule has 14 N–H and O–H groups in total. The van der Waals surface area contributed by atoms with Crippen LogP contribution in [0.1, 0.15) is 51.4 Å². The minimum absolute atomic E-state index is 0.0841. The van der Waals surface area contributed by atoms with E-state index in [4.69, 9.17) is 39.7 Å². The highest BCUT2D eigenvalue weighted by Crippen LogP contribution is 2.08. The van der Waals surface area contributed by atoms with Crippen LogP contribution in [0.15, 0.2) is 25.0 Å². The zero-order valence-corrected chi connectivity index (χ0v) is 20.0. The molecular formula is C20H42N14. The van der Waals surface area contributed by atoms with E-state index in [0.717, 1.165) is 32.1 Å². The number of amidine groups is 1. The minimum atomic E-state index is -0.0841. The third-order valence-electron chi connectivity index (χ3n) is 4.33. The number of rotatable bonds is 16. The molecule has 0 rings (SSSR count). The fourth-order valence-corrected chi connectivity index (χ4v) is 2.67. The van der Waals surface area contributed by atoms with E-state index >= 15 is 0 Å². The van der Waals surface area contributed by atoms with Gasteiger partial charge < -0.3 is 34.4 Å². The third-order valence-corrected chi connectivity index (χ3v) is 4.33. The van der Waals surface area contributed by atoms with Crippen molar-refractivity contribution in [3.63, 3.8) is 0 Å². The van der Waals surface area contributed by atoms with Crippen LogP contribution in [-0.4, -0.2) is 68.9 Å². The molecule has 14 nitrogen and oxygen atoms in total. The van der Waals surface area contributed by atoms with E-state index in [0.29, 0.717) is 32.7 Å². The van der Waals surface area contributed by atoms with Crippen molar-refractivity contribution in [1.29, 1.82) is 5.26 Å². The number of nitrogens with two attached hydrogens (primary N) is 6. The summed E-state index contributed by atoms with van der Waals surface area (Å²) in [6.07, 6.45) is 8.87.